The van der Waals surface area contributed by atoms with Crippen LogP contribution < -0.4 is 15.1 Å². The highest BCUT2D eigenvalue weighted by Crippen LogP contribution is 2.26. The number of halogens is 1. The Kier molecular flexibility index (Phi) is 8.66. The van der Waals surface area contributed by atoms with E-state index in [0.717, 1.165) is 0 Å². The Morgan fingerprint density at radius 3 is 2.62 bits per heavy atom. The van der Waals surface area contributed by atoms with E-state index in [1.807, 2.05) is 18.7 Å². The third-order valence-corrected chi connectivity index (χ3v) is 4.34. The van der Waals surface area contributed by atoms with Crippen LogP contribution in [0.2, 0.25) is 0 Å². The molecule has 1 aromatic rings. The molecule has 1 aliphatic rings. The fraction of sp³-hybridized carbons (Fsp3) is 0.600. The van der Waals surface area contributed by atoms with Gasteiger partial charge in [-0.2, -0.15) is 0 Å². The Balaban J connectivity index is 2.18. The number of carbonyl (C=O) groups excluding carboxylic acids is 2. The lowest BCUT2D eigenvalue weighted by molar-refractivity contribution is -0.119. The van der Waals surface area contributed by atoms with Gasteiger partial charge in [0.2, 0.25) is 5.91 Å². The molecule has 0 radical (unpaired) electrons. The third-order valence-electron chi connectivity index (χ3n) is 4.34. The summed E-state index contributed by atoms with van der Waals surface area (Å²) in [5.41, 5.74) is 0.710. The number of anilines is 2. The zero-order valence-corrected chi connectivity index (χ0v) is 17.2. The quantitative estimate of drug-likeness (QED) is 0.677. The second-order valence-electron chi connectivity index (χ2n) is 7.41. The molecule has 162 valence electrons. The molecule has 0 aliphatic carbocycles. The number of nitrogens with zero attached hydrogens (tertiary/aromatic N) is 2. The van der Waals surface area contributed by atoms with E-state index in [0.29, 0.717) is 32.0 Å². The normalized spacial score (nSPS) is 15.2. The van der Waals surface area contributed by atoms with Crippen molar-refractivity contribution in [1.82, 2.24) is 5.32 Å². The van der Waals surface area contributed by atoms with Crippen molar-refractivity contribution in [3.05, 3.63) is 24.0 Å². The van der Waals surface area contributed by atoms with E-state index in [1.54, 1.807) is 12.1 Å². The number of aliphatic hydroxyl groups is 1. The fourth-order valence-corrected chi connectivity index (χ4v) is 2.86. The average Bonchev–Trinajstić information content (AvgIpc) is 2.69. The summed E-state index contributed by atoms with van der Waals surface area (Å²) in [4.78, 5) is 26.7. The molecule has 9 heteroatoms. The van der Waals surface area contributed by atoms with Crippen LogP contribution in [0, 0.1) is 11.7 Å². The SMILES string of the molecule is CC(=O)NCC(O)CN(C(=O)OCC(C)C)c1ccc(N2CCOCC2)c(F)c1. The summed E-state index contributed by atoms with van der Waals surface area (Å²) in [5, 5.41) is 12.7. The molecule has 2 amide bonds. The molecule has 0 spiro atoms. The van der Waals surface area contributed by atoms with Crippen molar-refractivity contribution in [1.29, 1.82) is 0 Å². The van der Waals surface area contributed by atoms with E-state index < -0.39 is 18.0 Å². The summed E-state index contributed by atoms with van der Waals surface area (Å²) in [6.07, 6.45) is -1.72. The number of hydrogen-bond donors (Lipinski definition) is 2. The second kappa shape index (κ2) is 11.0. The molecule has 1 atom stereocenters. The number of benzene rings is 1. The molecule has 2 N–H and O–H groups in total. The Morgan fingerprint density at radius 2 is 2.03 bits per heavy atom. The van der Waals surface area contributed by atoms with Crippen molar-refractivity contribution in [3.8, 4) is 0 Å². The Morgan fingerprint density at radius 1 is 1.34 bits per heavy atom. The van der Waals surface area contributed by atoms with Gasteiger partial charge in [0.1, 0.15) is 5.82 Å². The first kappa shape index (κ1) is 22.9. The summed E-state index contributed by atoms with van der Waals surface area (Å²) in [6, 6.07) is 4.49. The van der Waals surface area contributed by atoms with Gasteiger partial charge in [0.05, 0.1) is 43.8 Å². The van der Waals surface area contributed by atoms with Gasteiger partial charge in [0.15, 0.2) is 0 Å². The van der Waals surface area contributed by atoms with Crippen molar-refractivity contribution in [2.24, 2.45) is 5.92 Å². The number of rotatable bonds is 8. The monoisotopic (exact) mass is 411 g/mol. The first-order chi connectivity index (χ1) is 13.8. The zero-order valence-electron chi connectivity index (χ0n) is 17.2. The molecule has 8 nitrogen and oxygen atoms in total. The van der Waals surface area contributed by atoms with Gasteiger partial charge in [-0.3, -0.25) is 9.69 Å². The zero-order chi connectivity index (χ0) is 21.4. The van der Waals surface area contributed by atoms with Crippen LogP contribution in [0.5, 0.6) is 0 Å². The second-order valence-corrected chi connectivity index (χ2v) is 7.41. The van der Waals surface area contributed by atoms with Crippen LogP contribution in [-0.4, -0.2) is 69.2 Å². The van der Waals surface area contributed by atoms with Crippen LogP contribution in [0.25, 0.3) is 0 Å². The molecule has 0 aromatic heterocycles. The first-order valence-electron chi connectivity index (χ1n) is 9.77. The van der Waals surface area contributed by atoms with Crippen molar-refractivity contribution < 1.29 is 28.6 Å². The summed E-state index contributed by atoms with van der Waals surface area (Å²) in [7, 11) is 0. The number of ether oxygens (including phenoxy) is 2. The predicted octanol–water partition coefficient (Wildman–Crippen LogP) is 1.76. The molecule has 1 aliphatic heterocycles. The van der Waals surface area contributed by atoms with Crippen molar-refractivity contribution in [2.45, 2.75) is 26.9 Å². The smallest absolute Gasteiger partial charge is 0.414 e. The number of amides is 2. The third kappa shape index (κ3) is 7.17. The molecule has 0 bridgehead atoms. The highest BCUT2D eigenvalue weighted by molar-refractivity contribution is 5.88. The minimum absolute atomic E-state index is 0.0301. The minimum Gasteiger partial charge on any atom is -0.449 e. The maximum atomic E-state index is 14.8. The standard InChI is InChI=1S/C20H30FN3O5/c1-14(2)13-29-20(27)24(12-17(26)11-22-15(3)25)16-4-5-19(18(21)10-16)23-6-8-28-9-7-23/h4-5,10,14,17,26H,6-9,11-13H2,1-3H3,(H,22,25). The van der Waals surface area contributed by atoms with Crippen LogP contribution in [0.1, 0.15) is 20.8 Å². The maximum Gasteiger partial charge on any atom is 0.414 e. The predicted molar refractivity (Wildman–Crippen MR) is 108 cm³/mol. The van der Waals surface area contributed by atoms with Gasteiger partial charge >= 0.3 is 6.09 Å². The highest BCUT2D eigenvalue weighted by atomic mass is 19.1. The lowest BCUT2D eigenvalue weighted by atomic mass is 10.2. The molecule has 1 unspecified atom stereocenters. The molecule has 0 saturated carbocycles. The summed E-state index contributed by atoms with van der Waals surface area (Å²) in [6.45, 7) is 7.41. The van der Waals surface area contributed by atoms with E-state index in [-0.39, 0.29) is 37.2 Å². The number of aliphatic hydroxyl groups excluding tert-OH is 1. The van der Waals surface area contributed by atoms with Gasteiger partial charge in [0, 0.05) is 26.6 Å². The van der Waals surface area contributed by atoms with Gasteiger partial charge in [-0.05, 0) is 24.1 Å². The lowest BCUT2D eigenvalue weighted by Gasteiger charge is -2.30. The first-order valence-corrected chi connectivity index (χ1v) is 9.77. The number of hydrogen-bond acceptors (Lipinski definition) is 6. The topological polar surface area (TPSA) is 91.3 Å². The van der Waals surface area contributed by atoms with Crippen LogP contribution in [0.3, 0.4) is 0 Å². The van der Waals surface area contributed by atoms with Crippen LogP contribution in [-0.2, 0) is 14.3 Å². The number of carbonyl (C=O) groups is 2. The van der Waals surface area contributed by atoms with E-state index in [4.69, 9.17) is 9.47 Å². The van der Waals surface area contributed by atoms with Gasteiger partial charge in [0.25, 0.3) is 0 Å². The van der Waals surface area contributed by atoms with E-state index in [2.05, 4.69) is 5.32 Å². The van der Waals surface area contributed by atoms with Gasteiger partial charge in [-0.25, -0.2) is 9.18 Å². The van der Waals surface area contributed by atoms with E-state index in [1.165, 1.54) is 17.9 Å². The van der Waals surface area contributed by atoms with Crippen molar-refractivity contribution in [2.75, 3.05) is 55.8 Å². The van der Waals surface area contributed by atoms with Gasteiger partial charge in [-0.1, -0.05) is 13.8 Å². The van der Waals surface area contributed by atoms with Crippen molar-refractivity contribution >= 4 is 23.4 Å². The summed E-state index contributed by atoms with van der Waals surface area (Å²) in [5.74, 6) is -0.633. The van der Waals surface area contributed by atoms with E-state index in [9.17, 15) is 19.1 Å². The van der Waals surface area contributed by atoms with Crippen LogP contribution in [0.15, 0.2) is 18.2 Å². The van der Waals surface area contributed by atoms with Gasteiger partial charge < -0.3 is 24.8 Å². The maximum absolute atomic E-state index is 14.8. The molecule has 2 rings (SSSR count). The average molecular weight is 411 g/mol. The molecule has 1 saturated heterocycles. The van der Waals surface area contributed by atoms with Crippen LogP contribution >= 0.6 is 0 Å². The molecule has 29 heavy (non-hydrogen) atoms. The molecular weight excluding hydrogens is 381 g/mol. The Hall–Kier alpha value is -2.39. The number of nitrogens with one attached hydrogen (secondary N) is 1. The summed E-state index contributed by atoms with van der Waals surface area (Å²) >= 11 is 0. The Labute approximate surface area is 170 Å². The highest BCUT2D eigenvalue weighted by Gasteiger charge is 2.24. The van der Waals surface area contributed by atoms with Crippen LogP contribution in [0.4, 0.5) is 20.6 Å². The summed E-state index contributed by atoms with van der Waals surface area (Å²) < 4.78 is 25.3. The largest absolute Gasteiger partial charge is 0.449 e. The minimum atomic E-state index is -1.03. The molecular formula is C20H30FN3O5. The lowest BCUT2D eigenvalue weighted by Crippen LogP contribution is -2.43. The van der Waals surface area contributed by atoms with Crippen molar-refractivity contribution in [3.63, 3.8) is 0 Å². The van der Waals surface area contributed by atoms with E-state index >= 15 is 0 Å². The Bertz CT molecular complexity index is 695. The molecule has 1 heterocycles. The molecule has 1 fully saturated rings. The number of morpholine rings is 1. The molecule has 1 aromatic carbocycles. The fourth-order valence-electron chi connectivity index (χ4n) is 2.86. The van der Waals surface area contributed by atoms with Gasteiger partial charge in [-0.15, -0.1) is 0 Å².